The maximum absolute atomic E-state index is 14.2. The number of nitrogens with zero attached hydrogens (tertiary/aromatic N) is 2. The van der Waals surface area contributed by atoms with Crippen LogP contribution in [0.4, 0.5) is 39.0 Å². The first-order valence-electron chi connectivity index (χ1n) is 12.0. The fourth-order valence-corrected chi connectivity index (χ4v) is 4.83. The zero-order valence-corrected chi connectivity index (χ0v) is 21.1. The van der Waals surface area contributed by atoms with Crippen LogP contribution in [-0.4, -0.2) is 32.1 Å². The lowest BCUT2D eigenvalue weighted by molar-refractivity contribution is 0.102. The zero-order chi connectivity index (χ0) is 27.7. The van der Waals surface area contributed by atoms with Gasteiger partial charge in [0.05, 0.1) is 10.7 Å². The van der Waals surface area contributed by atoms with Gasteiger partial charge in [0.15, 0.2) is 23.3 Å². The van der Waals surface area contributed by atoms with Crippen LogP contribution in [0.5, 0.6) is 0 Å². The van der Waals surface area contributed by atoms with Crippen molar-refractivity contribution in [3.63, 3.8) is 0 Å². The molecule has 5 rings (SSSR count). The number of hydrogen-bond donors (Lipinski definition) is 1. The van der Waals surface area contributed by atoms with Crippen LogP contribution in [-0.2, 0) is 0 Å². The van der Waals surface area contributed by atoms with E-state index in [1.807, 2.05) is 47.4 Å². The van der Waals surface area contributed by atoms with Gasteiger partial charge >= 0.3 is 0 Å². The fraction of sp³-hybridized carbons (Fsp3) is 0.138. The summed E-state index contributed by atoms with van der Waals surface area (Å²) in [6, 6.07) is 21.9. The number of nitrogens with one attached hydrogen (secondary N) is 1. The van der Waals surface area contributed by atoms with Crippen molar-refractivity contribution in [1.29, 1.82) is 0 Å². The van der Waals surface area contributed by atoms with Crippen LogP contribution >= 0.6 is 11.6 Å². The molecule has 0 aliphatic carbocycles. The van der Waals surface area contributed by atoms with E-state index in [0.29, 0.717) is 22.0 Å². The normalized spacial score (nSPS) is 13.5. The molecule has 1 aliphatic heterocycles. The van der Waals surface area contributed by atoms with Gasteiger partial charge in [0.2, 0.25) is 5.82 Å². The summed E-state index contributed by atoms with van der Waals surface area (Å²) >= 11 is 6.48. The maximum atomic E-state index is 14.2. The highest BCUT2D eigenvalue weighted by Crippen LogP contribution is 2.34. The van der Waals surface area contributed by atoms with E-state index in [1.54, 1.807) is 30.3 Å². The highest BCUT2D eigenvalue weighted by atomic mass is 35.5. The molecule has 4 nitrogen and oxygen atoms in total. The van der Waals surface area contributed by atoms with Crippen molar-refractivity contribution in [3.8, 4) is 11.1 Å². The minimum Gasteiger partial charge on any atom is -0.367 e. The minimum absolute atomic E-state index is 0.00610. The monoisotopic (exact) mass is 557 g/mol. The Bertz CT molecular complexity index is 1500. The number of anilines is 3. The molecule has 200 valence electrons. The SMILES string of the molecule is O=C(Nc1ccc(N2CCN(c3c(F)c(F)c(F)c(F)c3F)CC2)c(Cl)c1)c1ccc(-c2ccccc2)cc1. The van der Waals surface area contributed by atoms with Crippen molar-refractivity contribution in [2.24, 2.45) is 0 Å². The predicted octanol–water partition coefficient (Wildman–Crippen LogP) is 7.28. The van der Waals surface area contributed by atoms with Gasteiger partial charge in [-0.1, -0.05) is 54.1 Å². The summed E-state index contributed by atoms with van der Waals surface area (Å²) in [5, 5.41) is 3.14. The molecule has 0 radical (unpaired) electrons. The molecule has 1 aliphatic rings. The molecule has 0 saturated carbocycles. The number of benzene rings is 4. The Kier molecular flexibility index (Phi) is 7.43. The molecule has 0 aromatic heterocycles. The van der Waals surface area contributed by atoms with Gasteiger partial charge in [0.25, 0.3) is 5.91 Å². The lowest BCUT2D eigenvalue weighted by Crippen LogP contribution is -2.47. The summed E-state index contributed by atoms with van der Waals surface area (Å²) < 4.78 is 69.1. The van der Waals surface area contributed by atoms with E-state index in [2.05, 4.69) is 5.32 Å². The Morgan fingerprint density at radius 2 is 1.21 bits per heavy atom. The Labute approximate surface area is 226 Å². The second kappa shape index (κ2) is 10.9. The van der Waals surface area contributed by atoms with E-state index in [0.717, 1.165) is 16.0 Å². The van der Waals surface area contributed by atoms with Crippen LogP contribution in [0.25, 0.3) is 11.1 Å². The van der Waals surface area contributed by atoms with E-state index >= 15 is 0 Å². The highest BCUT2D eigenvalue weighted by Gasteiger charge is 2.31. The topological polar surface area (TPSA) is 35.6 Å². The highest BCUT2D eigenvalue weighted by molar-refractivity contribution is 6.33. The van der Waals surface area contributed by atoms with Crippen LogP contribution in [0, 0.1) is 29.1 Å². The van der Waals surface area contributed by atoms with Crippen LogP contribution in [0.15, 0.2) is 72.8 Å². The molecular formula is C29H21ClF5N3O. The first-order valence-corrected chi connectivity index (χ1v) is 12.4. The molecule has 0 atom stereocenters. The minimum atomic E-state index is -2.18. The quantitative estimate of drug-likeness (QED) is 0.159. The van der Waals surface area contributed by atoms with Crippen LogP contribution in [0.2, 0.25) is 5.02 Å². The number of hydrogen-bond acceptors (Lipinski definition) is 3. The molecule has 4 aromatic rings. The predicted molar refractivity (Wildman–Crippen MR) is 142 cm³/mol. The molecule has 39 heavy (non-hydrogen) atoms. The first kappa shape index (κ1) is 26.5. The van der Waals surface area contributed by atoms with E-state index in [9.17, 15) is 26.7 Å². The van der Waals surface area contributed by atoms with Crippen molar-refractivity contribution in [1.82, 2.24) is 0 Å². The van der Waals surface area contributed by atoms with E-state index < -0.39 is 34.8 Å². The average Bonchev–Trinajstić information content (AvgIpc) is 2.96. The second-order valence-electron chi connectivity index (χ2n) is 8.96. The van der Waals surface area contributed by atoms with Gasteiger partial charge in [-0.3, -0.25) is 4.79 Å². The molecule has 0 spiro atoms. The summed E-state index contributed by atoms with van der Waals surface area (Å²) in [7, 11) is 0. The van der Waals surface area contributed by atoms with E-state index in [1.165, 1.54) is 0 Å². The summed E-state index contributed by atoms with van der Waals surface area (Å²) in [6.45, 7) is 0.454. The van der Waals surface area contributed by atoms with Crippen LogP contribution < -0.4 is 15.1 Å². The number of carbonyl (C=O) groups excluding carboxylic acids is 1. The Morgan fingerprint density at radius 1 is 0.667 bits per heavy atom. The molecule has 1 saturated heterocycles. The lowest BCUT2D eigenvalue weighted by Gasteiger charge is -2.38. The van der Waals surface area contributed by atoms with Crippen molar-refractivity contribution in [2.45, 2.75) is 0 Å². The van der Waals surface area contributed by atoms with Gasteiger partial charge in [0.1, 0.15) is 5.69 Å². The molecule has 10 heteroatoms. The summed E-state index contributed by atoms with van der Waals surface area (Å²) in [5.74, 6) is -10.1. The van der Waals surface area contributed by atoms with Gasteiger partial charge in [-0.15, -0.1) is 0 Å². The maximum Gasteiger partial charge on any atom is 0.255 e. The van der Waals surface area contributed by atoms with Gasteiger partial charge in [0, 0.05) is 37.4 Å². The smallest absolute Gasteiger partial charge is 0.255 e. The number of amides is 1. The Balaban J connectivity index is 1.24. The third-order valence-corrected chi connectivity index (χ3v) is 6.89. The van der Waals surface area contributed by atoms with E-state index in [4.69, 9.17) is 11.6 Å². The lowest BCUT2D eigenvalue weighted by atomic mass is 10.0. The average molecular weight is 558 g/mol. The second-order valence-corrected chi connectivity index (χ2v) is 9.36. The van der Waals surface area contributed by atoms with Gasteiger partial charge in [-0.25, -0.2) is 22.0 Å². The Hall–Kier alpha value is -4.11. The van der Waals surface area contributed by atoms with Gasteiger partial charge < -0.3 is 15.1 Å². The molecular weight excluding hydrogens is 537 g/mol. The standard InChI is InChI=1S/C29H21ClF5N3O/c30-21-16-20(36-29(39)19-8-6-18(7-9-19)17-4-2-1-3-5-17)10-11-22(21)37-12-14-38(15-13-37)28-26(34)24(32)23(31)25(33)27(28)35/h1-11,16H,12-15H2,(H,36,39). The molecule has 1 fully saturated rings. The molecule has 1 heterocycles. The van der Waals surface area contributed by atoms with Crippen molar-refractivity contribution >= 4 is 34.6 Å². The summed E-state index contributed by atoms with van der Waals surface area (Å²) in [5.41, 5.74) is 2.64. The molecule has 1 N–H and O–H groups in total. The number of carbonyl (C=O) groups is 1. The molecule has 4 aromatic carbocycles. The third-order valence-electron chi connectivity index (χ3n) is 6.58. The third kappa shape index (κ3) is 5.27. The summed E-state index contributed by atoms with van der Waals surface area (Å²) in [4.78, 5) is 15.7. The number of halogens is 6. The van der Waals surface area contributed by atoms with Gasteiger partial charge in [-0.2, -0.15) is 0 Å². The largest absolute Gasteiger partial charge is 0.367 e. The molecule has 1 amide bonds. The molecule has 0 bridgehead atoms. The fourth-order valence-electron chi connectivity index (χ4n) is 4.53. The van der Waals surface area contributed by atoms with Crippen LogP contribution in [0.3, 0.4) is 0 Å². The number of piperazine rings is 1. The van der Waals surface area contributed by atoms with Crippen molar-refractivity contribution in [2.75, 3.05) is 41.3 Å². The van der Waals surface area contributed by atoms with Crippen molar-refractivity contribution < 1.29 is 26.7 Å². The Morgan fingerprint density at radius 3 is 1.79 bits per heavy atom. The summed E-state index contributed by atoms with van der Waals surface area (Å²) in [6.07, 6.45) is 0. The van der Waals surface area contributed by atoms with Gasteiger partial charge in [-0.05, 0) is 41.5 Å². The first-order chi connectivity index (χ1) is 18.7. The number of rotatable bonds is 5. The van der Waals surface area contributed by atoms with Crippen molar-refractivity contribution in [3.05, 3.63) is 112 Å². The zero-order valence-electron chi connectivity index (χ0n) is 20.3. The molecule has 0 unspecified atom stereocenters. The van der Waals surface area contributed by atoms with Crippen LogP contribution in [0.1, 0.15) is 10.4 Å². The van der Waals surface area contributed by atoms with E-state index in [-0.39, 0.29) is 32.1 Å².